The second-order valence-electron chi connectivity index (χ2n) is 6.72. The minimum absolute atomic E-state index is 0.342. The Kier molecular flexibility index (Phi) is 7.16. The molecule has 0 unspecified atom stereocenters. The van der Waals surface area contributed by atoms with E-state index in [9.17, 15) is 4.79 Å². The van der Waals surface area contributed by atoms with Crippen molar-refractivity contribution in [1.29, 1.82) is 0 Å². The summed E-state index contributed by atoms with van der Waals surface area (Å²) in [5.41, 5.74) is 2.25. The number of rotatable bonds is 6. The summed E-state index contributed by atoms with van der Waals surface area (Å²) in [4.78, 5) is 11.7. The zero-order valence-electron chi connectivity index (χ0n) is 16.6. The molecule has 0 aliphatic carbocycles. The van der Waals surface area contributed by atoms with E-state index >= 15 is 0 Å². The third kappa shape index (κ3) is 5.53. The van der Waals surface area contributed by atoms with Gasteiger partial charge in [0, 0.05) is 11.1 Å². The number of carbonyl (C=O) groups is 1. The first-order valence-electron chi connectivity index (χ1n) is 9.67. The van der Waals surface area contributed by atoms with E-state index in [1.54, 1.807) is 6.07 Å². The van der Waals surface area contributed by atoms with Gasteiger partial charge in [-0.15, -0.1) is 0 Å². The molecule has 0 spiro atoms. The Morgan fingerprint density at radius 3 is 2.34 bits per heavy atom. The predicted molar refractivity (Wildman–Crippen MR) is 118 cm³/mol. The molecular formula is C25H23ClO3. The number of ether oxygens (including phenoxy) is 2. The number of benzene rings is 3. The van der Waals surface area contributed by atoms with Gasteiger partial charge in [-0.1, -0.05) is 55.3 Å². The zero-order valence-corrected chi connectivity index (χ0v) is 17.4. The van der Waals surface area contributed by atoms with Crippen LogP contribution in [0.15, 0.2) is 54.6 Å². The van der Waals surface area contributed by atoms with Crippen LogP contribution in [-0.4, -0.2) is 19.7 Å². The summed E-state index contributed by atoms with van der Waals surface area (Å²) in [7, 11) is 1.38. The van der Waals surface area contributed by atoms with E-state index in [1.807, 2.05) is 48.5 Å². The van der Waals surface area contributed by atoms with Gasteiger partial charge in [0.25, 0.3) is 0 Å². The minimum Gasteiger partial charge on any atom is -0.492 e. The third-order valence-corrected chi connectivity index (χ3v) is 4.85. The van der Waals surface area contributed by atoms with E-state index in [1.165, 1.54) is 7.11 Å². The van der Waals surface area contributed by atoms with Gasteiger partial charge in [-0.3, -0.25) is 0 Å². The quantitative estimate of drug-likeness (QED) is 0.276. The molecule has 3 aromatic carbocycles. The maximum atomic E-state index is 11.7. The summed E-state index contributed by atoms with van der Waals surface area (Å²) in [5.74, 6) is 6.66. The summed E-state index contributed by atoms with van der Waals surface area (Å²) in [6, 6.07) is 17.0. The van der Waals surface area contributed by atoms with Crippen molar-refractivity contribution in [3.63, 3.8) is 0 Å². The molecule has 0 bridgehead atoms. The van der Waals surface area contributed by atoms with Crippen LogP contribution < -0.4 is 4.74 Å². The third-order valence-electron chi connectivity index (χ3n) is 4.55. The van der Waals surface area contributed by atoms with Crippen molar-refractivity contribution in [2.24, 2.45) is 0 Å². The molecule has 0 saturated carbocycles. The highest BCUT2D eigenvalue weighted by atomic mass is 35.5. The summed E-state index contributed by atoms with van der Waals surface area (Å²) in [6.45, 7) is 2.84. The van der Waals surface area contributed by atoms with Gasteiger partial charge in [0.15, 0.2) is 0 Å². The summed E-state index contributed by atoms with van der Waals surface area (Å²) in [6.07, 6.45) is 3.33. The molecule has 0 radical (unpaired) electrons. The number of methoxy groups -OCH3 is 1. The summed E-state index contributed by atoms with van der Waals surface area (Å²) >= 11 is 6.32. The number of carbonyl (C=O) groups excluding carboxylic acids is 1. The lowest BCUT2D eigenvalue weighted by atomic mass is 10.0. The van der Waals surface area contributed by atoms with E-state index in [-0.39, 0.29) is 5.97 Å². The molecular weight excluding hydrogens is 384 g/mol. The second kappa shape index (κ2) is 10.0. The molecule has 4 heteroatoms. The Hall–Kier alpha value is -2.96. The summed E-state index contributed by atoms with van der Waals surface area (Å²) < 4.78 is 10.5. The van der Waals surface area contributed by atoms with Gasteiger partial charge in [0.1, 0.15) is 5.75 Å². The van der Waals surface area contributed by atoms with Crippen molar-refractivity contribution in [2.75, 3.05) is 13.7 Å². The van der Waals surface area contributed by atoms with E-state index in [0.717, 1.165) is 41.2 Å². The fourth-order valence-corrected chi connectivity index (χ4v) is 3.18. The molecule has 3 aromatic rings. The molecule has 148 valence electrons. The highest BCUT2D eigenvalue weighted by molar-refractivity contribution is 6.32. The second-order valence-corrected chi connectivity index (χ2v) is 7.13. The maximum absolute atomic E-state index is 11.7. The van der Waals surface area contributed by atoms with E-state index < -0.39 is 0 Å². The topological polar surface area (TPSA) is 35.5 Å². The van der Waals surface area contributed by atoms with Crippen LogP contribution in [0.3, 0.4) is 0 Å². The van der Waals surface area contributed by atoms with Gasteiger partial charge >= 0.3 is 5.97 Å². The van der Waals surface area contributed by atoms with Crippen LogP contribution in [-0.2, 0) is 4.74 Å². The van der Waals surface area contributed by atoms with Crippen LogP contribution in [0, 0.1) is 11.8 Å². The number of halogens is 1. The molecule has 3 nitrogen and oxygen atoms in total. The van der Waals surface area contributed by atoms with Gasteiger partial charge < -0.3 is 9.47 Å². The van der Waals surface area contributed by atoms with Crippen LogP contribution in [0.2, 0.25) is 5.02 Å². The van der Waals surface area contributed by atoms with Crippen LogP contribution in [0.5, 0.6) is 5.75 Å². The average molecular weight is 407 g/mol. The molecule has 0 amide bonds. The van der Waals surface area contributed by atoms with E-state index in [0.29, 0.717) is 22.9 Å². The number of unbranched alkanes of at least 4 members (excludes halogenated alkanes) is 2. The van der Waals surface area contributed by atoms with Crippen LogP contribution in [0.1, 0.15) is 47.7 Å². The maximum Gasteiger partial charge on any atom is 0.337 e. The molecule has 29 heavy (non-hydrogen) atoms. The van der Waals surface area contributed by atoms with Gasteiger partial charge in [-0.2, -0.15) is 0 Å². The number of hydrogen-bond acceptors (Lipinski definition) is 3. The normalized spacial score (nSPS) is 10.3. The number of fused-ring (bicyclic) bond motifs is 1. The fourth-order valence-electron chi connectivity index (χ4n) is 2.94. The van der Waals surface area contributed by atoms with Crippen LogP contribution in [0.25, 0.3) is 10.8 Å². The zero-order chi connectivity index (χ0) is 20.6. The Balaban J connectivity index is 1.74. The smallest absolute Gasteiger partial charge is 0.337 e. The number of hydrogen-bond donors (Lipinski definition) is 0. The summed E-state index contributed by atoms with van der Waals surface area (Å²) in [5, 5.41) is 2.55. The first kappa shape index (κ1) is 20.8. The van der Waals surface area contributed by atoms with Gasteiger partial charge in [0.05, 0.1) is 24.3 Å². The predicted octanol–water partition coefficient (Wildman–Crippen LogP) is 6.25. The first-order valence-corrected chi connectivity index (χ1v) is 10.0. The number of esters is 1. The molecule has 0 aromatic heterocycles. The van der Waals surface area contributed by atoms with Crippen molar-refractivity contribution in [3.05, 3.63) is 76.3 Å². The molecule has 0 aliphatic rings. The average Bonchev–Trinajstić information content (AvgIpc) is 2.75. The van der Waals surface area contributed by atoms with E-state index in [4.69, 9.17) is 21.1 Å². The lowest BCUT2D eigenvalue weighted by Gasteiger charge is -2.07. The Labute approximate surface area is 176 Å². The molecule has 0 fully saturated rings. The van der Waals surface area contributed by atoms with Crippen molar-refractivity contribution in [3.8, 4) is 17.6 Å². The fraction of sp³-hybridized carbons (Fsp3) is 0.240. The monoisotopic (exact) mass is 406 g/mol. The van der Waals surface area contributed by atoms with Crippen molar-refractivity contribution in [2.45, 2.75) is 26.2 Å². The lowest BCUT2D eigenvalue weighted by molar-refractivity contribution is 0.0601. The van der Waals surface area contributed by atoms with Gasteiger partial charge in [-0.05, 0) is 59.7 Å². The molecule has 0 N–H and O–H groups in total. The minimum atomic E-state index is -0.342. The molecule has 0 atom stereocenters. The standard InChI is InChI=1S/C25H23ClO3/c1-3-4-5-14-29-24-13-9-19(16-23(24)26)7-6-18-8-10-21-17-22(25(27)28-2)12-11-20(21)15-18/h8-13,15-17H,3-5,14H2,1-2H3. The van der Waals surface area contributed by atoms with E-state index in [2.05, 4.69) is 18.8 Å². The lowest BCUT2D eigenvalue weighted by Crippen LogP contribution is -2.00. The Morgan fingerprint density at radius 2 is 1.62 bits per heavy atom. The van der Waals surface area contributed by atoms with Crippen molar-refractivity contribution >= 4 is 28.3 Å². The highest BCUT2D eigenvalue weighted by Gasteiger charge is 2.06. The Bertz CT molecular complexity index is 1080. The first-order chi connectivity index (χ1) is 14.1. The largest absolute Gasteiger partial charge is 0.492 e. The Morgan fingerprint density at radius 1 is 0.931 bits per heavy atom. The van der Waals surface area contributed by atoms with Gasteiger partial charge in [0.2, 0.25) is 0 Å². The molecule has 0 saturated heterocycles. The SMILES string of the molecule is CCCCCOc1ccc(C#Cc2ccc3cc(C(=O)OC)ccc3c2)cc1Cl. The molecule has 0 aliphatic heterocycles. The highest BCUT2D eigenvalue weighted by Crippen LogP contribution is 2.25. The molecule has 3 rings (SSSR count). The molecule has 0 heterocycles. The van der Waals surface area contributed by atoms with Crippen molar-refractivity contribution in [1.82, 2.24) is 0 Å². The van der Waals surface area contributed by atoms with Gasteiger partial charge in [-0.25, -0.2) is 4.79 Å². The van der Waals surface area contributed by atoms with Crippen LogP contribution >= 0.6 is 11.6 Å². The van der Waals surface area contributed by atoms with Crippen molar-refractivity contribution < 1.29 is 14.3 Å². The van der Waals surface area contributed by atoms with Crippen LogP contribution in [0.4, 0.5) is 0 Å².